The lowest BCUT2D eigenvalue weighted by Gasteiger charge is -2.12. The SMILES string of the molecule is CCOC(=O)COc1ccc(/C=C(\C#N)C(=O)NCCCOC)cc1OCC. The first-order valence-electron chi connectivity index (χ1n) is 8.99. The van der Waals surface area contributed by atoms with E-state index in [2.05, 4.69) is 5.32 Å². The molecule has 0 saturated carbocycles. The Morgan fingerprint density at radius 1 is 1.18 bits per heavy atom. The molecule has 152 valence electrons. The summed E-state index contributed by atoms with van der Waals surface area (Å²) in [5.41, 5.74) is 0.565. The van der Waals surface area contributed by atoms with Crippen LogP contribution in [-0.4, -0.2) is 52.0 Å². The van der Waals surface area contributed by atoms with E-state index < -0.39 is 11.9 Å². The molecular formula is C20H26N2O6. The van der Waals surface area contributed by atoms with Gasteiger partial charge in [0.25, 0.3) is 5.91 Å². The van der Waals surface area contributed by atoms with Gasteiger partial charge in [-0.15, -0.1) is 0 Å². The molecule has 0 heterocycles. The molecule has 8 nitrogen and oxygen atoms in total. The minimum Gasteiger partial charge on any atom is -0.490 e. The van der Waals surface area contributed by atoms with Crippen LogP contribution >= 0.6 is 0 Å². The molecule has 0 spiro atoms. The van der Waals surface area contributed by atoms with Gasteiger partial charge in [-0.3, -0.25) is 4.79 Å². The minimum absolute atomic E-state index is 0.0277. The van der Waals surface area contributed by atoms with Crippen molar-refractivity contribution in [2.45, 2.75) is 20.3 Å². The number of hydrogen-bond donors (Lipinski definition) is 1. The van der Waals surface area contributed by atoms with Gasteiger partial charge in [0.1, 0.15) is 11.6 Å². The molecular weight excluding hydrogens is 364 g/mol. The van der Waals surface area contributed by atoms with Crippen LogP contribution in [0.5, 0.6) is 11.5 Å². The minimum atomic E-state index is -0.481. The molecule has 0 radical (unpaired) electrons. The van der Waals surface area contributed by atoms with Crippen molar-refractivity contribution in [3.05, 3.63) is 29.3 Å². The summed E-state index contributed by atoms with van der Waals surface area (Å²) in [6.07, 6.45) is 2.12. The van der Waals surface area contributed by atoms with Gasteiger partial charge in [-0.2, -0.15) is 5.26 Å². The Labute approximate surface area is 165 Å². The first-order valence-corrected chi connectivity index (χ1v) is 8.99. The number of carbonyl (C=O) groups is 2. The number of hydrogen-bond acceptors (Lipinski definition) is 7. The maximum Gasteiger partial charge on any atom is 0.344 e. The van der Waals surface area contributed by atoms with Gasteiger partial charge in [-0.25, -0.2) is 4.79 Å². The predicted octanol–water partition coefficient (Wildman–Crippen LogP) is 2.09. The Morgan fingerprint density at radius 3 is 2.61 bits per heavy atom. The van der Waals surface area contributed by atoms with Crippen molar-refractivity contribution in [2.75, 3.05) is 40.1 Å². The molecule has 1 aromatic carbocycles. The van der Waals surface area contributed by atoms with Crippen molar-refractivity contribution in [3.63, 3.8) is 0 Å². The van der Waals surface area contributed by atoms with Crippen LogP contribution in [0.3, 0.4) is 0 Å². The van der Waals surface area contributed by atoms with Crippen molar-refractivity contribution >= 4 is 18.0 Å². The number of esters is 1. The second-order valence-corrected chi connectivity index (χ2v) is 5.50. The molecule has 0 aliphatic rings. The molecule has 1 aromatic rings. The first-order chi connectivity index (χ1) is 13.5. The molecule has 0 unspecified atom stereocenters. The average molecular weight is 390 g/mol. The van der Waals surface area contributed by atoms with Gasteiger partial charge in [0.2, 0.25) is 0 Å². The molecule has 1 amide bonds. The Balaban J connectivity index is 2.89. The maximum atomic E-state index is 12.1. The van der Waals surface area contributed by atoms with E-state index in [1.165, 1.54) is 6.08 Å². The Kier molecular flexibility index (Phi) is 10.8. The third kappa shape index (κ3) is 8.10. The van der Waals surface area contributed by atoms with E-state index >= 15 is 0 Å². The molecule has 0 bridgehead atoms. The molecule has 1 rings (SSSR count). The standard InChI is InChI=1S/C20H26N2O6/c1-4-26-18-12-15(7-8-17(18)28-14-19(23)27-5-2)11-16(13-21)20(24)22-9-6-10-25-3/h7-8,11-12H,4-6,9-10,14H2,1-3H3,(H,22,24)/b16-11+. The van der Waals surface area contributed by atoms with Crippen LogP contribution in [0.25, 0.3) is 6.08 Å². The summed E-state index contributed by atoms with van der Waals surface area (Å²) in [5, 5.41) is 11.9. The quantitative estimate of drug-likeness (QED) is 0.252. The van der Waals surface area contributed by atoms with Crippen molar-refractivity contribution in [2.24, 2.45) is 0 Å². The van der Waals surface area contributed by atoms with Gasteiger partial charge >= 0.3 is 5.97 Å². The molecule has 0 aliphatic carbocycles. The van der Waals surface area contributed by atoms with E-state index in [1.807, 2.05) is 13.0 Å². The van der Waals surface area contributed by atoms with Crippen LogP contribution in [0, 0.1) is 11.3 Å². The Hall–Kier alpha value is -3.05. The van der Waals surface area contributed by atoms with E-state index in [9.17, 15) is 14.9 Å². The zero-order valence-corrected chi connectivity index (χ0v) is 16.4. The van der Waals surface area contributed by atoms with E-state index in [0.29, 0.717) is 43.2 Å². The van der Waals surface area contributed by atoms with Gasteiger partial charge < -0.3 is 24.3 Å². The fraction of sp³-hybridized carbons (Fsp3) is 0.450. The molecule has 8 heteroatoms. The molecule has 0 aliphatic heterocycles. The highest BCUT2D eigenvalue weighted by Gasteiger charge is 2.12. The summed E-state index contributed by atoms with van der Waals surface area (Å²) in [4.78, 5) is 23.6. The van der Waals surface area contributed by atoms with Gasteiger partial charge in [0, 0.05) is 20.3 Å². The highest BCUT2D eigenvalue weighted by molar-refractivity contribution is 6.01. The van der Waals surface area contributed by atoms with Crippen LogP contribution < -0.4 is 14.8 Å². The topological polar surface area (TPSA) is 107 Å². The number of benzene rings is 1. The Bertz CT molecular complexity index is 724. The summed E-state index contributed by atoms with van der Waals surface area (Å²) in [6.45, 7) is 4.88. The van der Waals surface area contributed by atoms with Crippen LogP contribution in [0.1, 0.15) is 25.8 Å². The van der Waals surface area contributed by atoms with Gasteiger partial charge in [-0.05, 0) is 44.0 Å². The number of methoxy groups -OCH3 is 1. The lowest BCUT2D eigenvalue weighted by atomic mass is 10.1. The van der Waals surface area contributed by atoms with Crippen molar-refractivity contribution < 1.29 is 28.5 Å². The smallest absolute Gasteiger partial charge is 0.344 e. The zero-order chi connectivity index (χ0) is 20.8. The summed E-state index contributed by atoms with van der Waals surface area (Å²) < 4.78 is 20.7. The monoisotopic (exact) mass is 390 g/mol. The molecule has 0 aromatic heterocycles. The largest absolute Gasteiger partial charge is 0.490 e. The second-order valence-electron chi connectivity index (χ2n) is 5.50. The van der Waals surface area contributed by atoms with Crippen LogP contribution in [0.2, 0.25) is 0 Å². The third-order valence-corrected chi connectivity index (χ3v) is 3.41. The molecule has 0 saturated heterocycles. The Morgan fingerprint density at radius 2 is 1.96 bits per heavy atom. The van der Waals surface area contributed by atoms with Crippen molar-refractivity contribution in [1.82, 2.24) is 5.32 Å². The van der Waals surface area contributed by atoms with Gasteiger partial charge in [0.05, 0.1) is 13.2 Å². The second kappa shape index (κ2) is 13.2. The molecule has 0 fully saturated rings. The molecule has 1 N–H and O–H groups in total. The number of nitriles is 1. The molecule has 0 atom stereocenters. The fourth-order valence-corrected chi connectivity index (χ4v) is 2.17. The summed E-state index contributed by atoms with van der Waals surface area (Å²) in [7, 11) is 1.58. The number of rotatable bonds is 12. The lowest BCUT2D eigenvalue weighted by molar-refractivity contribution is -0.145. The van der Waals surface area contributed by atoms with E-state index in [0.717, 1.165) is 0 Å². The highest BCUT2D eigenvalue weighted by Crippen LogP contribution is 2.29. The van der Waals surface area contributed by atoms with Gasteiger partial charge in [-0.1, -0.05) is 6.07 Å². The van der Waals surface area contributed by atoms with Crippen LogP contribution in [0.4, 0.5) is 0 Å². The van der Waals surface area contributed by atoms with Crippen LogP contribution in [0.15, 0.2) is 23.8 Å². The van der Waals surface area contributed by atoms with Crippen LogP contribution in [-0.2, 0) is 19.1 Å². The van der Waals surface area contributed by atoms with Crippen molar-refractivity contribution in [1.29, 1.82) is 5.26 Å². The van der Waals surface area contributed by atoms with E-state index in [1.54, 1.807) is 32.2 Å². The summed E-state index contributed by atoms with van der Waals surface area (Å²) >= 11 is 0. The maximum absolute atomic E-state index is 12.1. The number of ether oxygens (including phenoxy) is 4. The summed E-state index contributed by atoms with van der Waals surface area (Å²) in [6, 6.07) is 6.81. The normalized spacial score (nSPS) is 10.7. The average Bonchev–Trinajstić information content (AvgIpc) is 2.69. The van der Waals surface area contributed by atoms with Gasteiger partial charge in [0.15, 0.2) is 18.1 Å². The lowest BCUT2D eigenvalue weighted by Crippen LogP contribution is -2.26. The van der Waals surface area contributed by atoms with E-state index in [4.69, 9.17) is 18.9 Å². The third-order valence-electron chi connectivity index (χ3n) is 3.41. The van der Waals surface area contributed by atoms with E-state index in [-0.39, 0.29) is 18.8 Å². The number of nitrogens with one attached hydrogen (secondary N) is 1. The number of amides is 1. The zero-order valence-electron chi connectivity index (χ0n) is 16.4. The number of nitrogens with zero attached hydrogens (tertiary/aromatic N) is 1. The predicted molar refractivity (Wildman–Crippen MR) is 103 cm³/mol. The summed E-state index contributed by atoms with van der Waals surface area (Å²) in [5.74, 6) is -0.169. The fourth-order valence-electron chi connectivity index (χ4n) is 2.17. The number of carbonyl (C=O) groups excluding carboxylic acids is 2. The highest BCUT2D eigenvalue weighted by atomic mass is 16.6. The first kappa shape index (κ1) is 23.0. The molecule has 28 heavy (non-hydrogen) atoms. The van der Waals surface area contributed by atoms with Crippen molar-refractivity contribution in [3.8, 4) is 17.6 Å².